The van der Waals surface area contributed by atoms with Gasteiger partial charge in [0.1, 0.15) is 5.75 Å². The van der Waals surface area contributed by atoms with Crippen LogP contribution < -0.4 is 4.74 Å². The molecule has 3 rings (SSSR count). The van der Waals surface area contributed by atoms with Crippen molar-refractivity contribution >= 4 is 23.4 Å². The molecule has 0 N–H and O–H groups in total. The highest BCUT2D eigenvalue weighted by Gasteiger charge is 2.17. The zero-order chi connectivity index (χ0) is 18.7. The van der Waals surface area contributed by atoms with Gasteiger partial charge in [-0.1, -0.05) is 41.6 Å². The standard InChI is InChI=1S/C20H22ClN3OS/c1-13-8-14(2)10-18(9-13)25-15(3)19-22-23-20(24(19)4)26-12-16-6-5-7-17(21)11-16/h5-11,15H,12H2,1-4H3. The molecule has 26 heavy (non-hydrogen) atoms. The highest BCUT2D eigenvalue weighted by molar-refractivity contribution is 7.98. The first kappa shape index (κ1) is 18.8. The number of aryl methyl sites for hydroxylation is 2. The van der Waals surface area contributed by atoms with E-state index in [9.17, 15) is 0 Å². The number of aromatic nitrogens is 3. The van der Waals surface area contributed by atoms with E-state index in [4.69, 9.17) is 16.3 Å². The number of benzene rings is 2. The molecule has 0 saturated carbocycles. The zero-order valence-corrected chi connectivity index (χ0v) is 16.9. The van der Waals surface area contributed by atoms with Crippen molar-refractivity contribution in [1.82, 2.24) is 14.8 Å². The van der Waals surface area contributed by atoms with E-state index in [1.54, 1.807) is 11.8 Å². The number of nitrogens with zero attached hydrogens (tertiary/aromatic N) is 3. The summed E-state index contributed by atoms with van der Waals surface area (Å²) < 4.78 is 8.07. The second kappa shape index (κ2) is 8.14. The minimum absolute atomic E-state index is 0.186. The molecule has 6 heteroatoms. The number of rotatable bonds is 6. The SMILES string of the molecule is Cc1cc(C)cc(OC(C)c2nnc(SCc3cccc(Cl)c3)n2C)c1. The van der Waals surface area contributed by atoms with E-state index in [0.29, 0.717) is 0 Å². The van der Waals surface area contributed by atoms with Crippen LogP contribution in [0.3, 0.4) is 0 Å². The molecule has 3 aromatic rings. The van der Waals surface area contributed by atoms with Gasteiger partial charge in [-0.05, 0) is 61.7 Å². The lowest BCUT2D eigenvalue weighted by Gasteiger charge is -2.15. The minimum Gasteiger partial charge on any atom is -0.483 e. The largest absolute Gasteiger partial charge is 0.483 e. The van der Waals surface area contributed by atoms with Crippen LogP contribution in [0.25, 0.3) is 0 Å². The molecule has 0 saturated heterocycles. The number of hydrogen-bond acceptors (Lipinski definition) is 4. The number of halogens is 1. The van der Waals surface area contributed by atoms with Crippen LogP contribution in [-0.4, -0.2) is 14.8 Å². The fraction of sp³-hybridized carbons (Fsp3) is 0.300. The van der Waals surface area contributed by atoms with Crippen LogP contribution in [0.1, 0.15) is 35.5 Å². The summed E-state index contributed by atoms with van der Waals surface area (Å²) in [7, 11) is 1.97. The van der Waals surface area contributed by atoms with Crippen molar-refractivity contribution in [2.75, 3.05) is 0 Å². The maximum Gasteiger partial charge on any atom is 0.191 e. The van der Waals surface area contributed by atoms with Gasteiger partial charge >= 0.3 is 0 Å². The lowest BCUT2D eigenvalue weighted by molar-refractivity contribution is 0.211. The average molecular weight is 388 g/mol. The van der Waals surface area contributed by atoms with Crippen LogP contribution in [-0.2, 0) is 12.8 Å². The second-order valence-electron chi connectivity index (χ2n) is 6.40. The van der Waals surface area contributed by atoms with E-state index < -0.39 is 0 Å². The molecule has 0 spiro atoms. The summed E-state index contributed by atoms with van der Waals surface area (Å²) in [5.74, 6) is 2.45. The van der Waals surface area contributed by atoms with E-state index in [1.165, 1.54) is 11.1 Å². The van der Waals surface area contributed by atoms with Crippen molar-refractivity contribution in [3.05, 3.63) is 70.0 Å². The molecule has 1 heterocycles. The van der Waals surface area contributed by atoms with Gasteiger partial charge in [0.05, 0.1) is 0 Å². The van der Waals surface area contributed by atoms with Crippen LogP contribution >= 0.6 is 23.4 Å². The van der Waals surface area contributed by atoms with Gasteiger partial charge in [0.2, 0.25) is 0 Å². The minimum atomic E-state index is -0.186. The molecule has 0 aliphatic heterocycles. The quantitative estimate of drug-likeness (QED) is 0.522. The summed E-state index contributed by atoms with van der Waals surface area (Å²) in [6, 6.07) is 14.1. The molecule has 0 bridgehead atoms. The number of thioether (sulfide) groups is 1. The second-order valence-corrected chi connectivity index (χ2v) is 7.78. The molecule has 1 atom stereocenters. The van der Waals surface area contributed by atoms with Crippen LogP contribution in [0.4, 0.5) is 0 Å². The summed E-state index contributed by atoms with van der Waals surface area (Å²) in [6.45, 7) is 6.13. The van der Waals surface area contributed by atoms with Crippen LogP contribution in [0.2, 0.25) is 5.02 Å². The van der Waals surface area contributed by atoms with Crippen molar-refractivity contribution < 1.29 is 4.74 Å². The molecule has 0 aliphatic carbocycles. The third kappa shape index (κ3) is 4.59. The Balaban J connectivity index is 1.69. The van der Waals surface area contributed by atoms with Crippen LogP contribution in [0.5, 0.6) is 5.75 Å². The predicted molar refractivity (Wildman–Crippen MR) is 107 cm³/mol. The zero-order valence-electron chi connectivity index (χ0n) is 15.4. The molecule has 1 aromatic heterocycles. The Morgan fingerprint density at radius 1 is 1.12 bits per heavy atom. The van der Waals surface area contributed by atoms with Gasteiger partial charge in [0, 0.05) is 17.8 Å². The Morgan fingerprint density at radius 3 is 2.54 bits per heavy atom. The Morgan fingerprint density at radius 2 is 1.85 bits per heavy atom. The summed E-state index contributed by atoms with van der Waals surface area (Å²) in [5, 5.41) is 10.2. The maximum atomic E-state index is 6.08. The molecule has 136 valence electrons. The highest BCUT2D eigenvalue weighted by atomic mass is 35.5. The summed E-state index contributed by atoms with van der Waals surface area (Å²) in [4.78, 5) is 0. The van der Waals surface area contributed by atoms with Crippen molar-refractivity contribution in [2.45, 2.75) is 37.8 Å². The van der Waals surface area contributed by atoms with Crippen molar-refractivity contribution in [2.24, 2.45) is 7.05 Å². The molecule has 4 nitrogen and oxygen atoms in total. The summed E-state index contributed by atoms with van der Waals surface area (Å²) in [5.41, 5.74) is 3.53. The lowest BCUT2D eigenvalue weighted by Crippen LogP contribution is -2.10. The average Bonchev–Trinajstić information content (AvgIpc) is 2.93. The number of ether oxygens (including phenoxy) is 1. The van der Waals surface area contributed by atoms with Gasteiger partial charge in [-0.25, -0.2) is 0 Å². The van der Waals surface area contributed by atoms with Crippen LogP contribution in [0.15, 0.2) is 47.6 Å². The first-order chi connectivity index (χ1) is 12.4. The smallest absolute Gasteiger partial charge is 0.191 e. The van der Waals surface area contributed by atoms with Crippen molar-refractivity contribution in [3.8, 4) is 5.75 Å². The Hall–Kier alpha value is -1.98. The predicted octanol–water partition coefficient (Wildman–Crippen LogP) is 5.52. The molecular weight excluding hydrogens is 366 g/mol. The first-order valence-corrected chi connectivity index (χ1v) is 9.80. The van der Waals surface area contributed by atoms with Gasteiger partial charge in [0.15, 0.2) is 17.1 Å². The van der Waals surface area contributed by atoms with Gasteiger partial charge in [0.25, 0.3) is 0 Å². The van der Waals surface area contributed by atoms with E-state index in [-0.39, 0.29) is 6.10 Å². The van der Waals surface area contributed by atoms with Gasteiger partial charge in [-0.3, -0.25) is 0 Å². The van der Waals surface area contributed by atoms with Gasteiger partial charge in [-0.2, -0.15) is 0 Å². The van der Waals surface area contributed by atoms with Crippen molar-refractivity contribution in [3.63, 3.8) is 0 Å². The van der Waals surface area contributed by atoms with E-state index in [1.807, 2.05) is 48.9 Å². The summed E-state index contributed by atoms with van der Waals surface area (Å²) >= 11 is 7.68. The normalized spacial score (nSPS) is 12.2. The van der Waals surface area contributed by atoms with E-state index in [0.717, 1.165) is 33.1 Å². The molecule has 2 aromatic carbocycles. The lowest BCUT2D eigenvalue weighted by atomic mass is 10.1. The molecule has 0 fully saturated rings. The monoisotopic (exact) mass is 387 g/mol. The van der Waals surface area contributed by atoms with Crippen molar-refractivity contribution in [1.29, 1.82) is 0 Å². The van der Waals surface area contributed by atoms with Gasteiger partial charge in [-0.15, -0.1) is 10.2 Å². The third-order valence-electron chi connectivity index (χ3n) is 4.00. The van der Waals surface area contributed by atoms with E-state index >= 15 is 0 Å². The van der Waals surface area contributed by atoms with Crippen LogP contribution in [0, 0.1) is 13.8 Å². The molecule has 0 radical (unpaired) electrons. The molecule has 0 amide bonds. The maximum absolute atomic E-state index is 6.08. The Kier molecular flexibility index (Phi) is 5.89. The van der Waals surface area contributed by atoms with Gasteiger partial charge < -0.3 is 9.30 Å². The third-order valence-corrected chi connectivity index (χ3v) is 5.32. The first-order valence-electron chi connectivity index (χ1n) is 8.44. The summed E-state index contributed by atoms with van der Waals surface area (Å²) in [6.07, 6.45) is -0.186. The fourth-order valence-electron chi connectivity index (χ4n) is 2.84. The molecule has 1 unspecified atom stereocenters. The topological polar surface area (TPSA) is 39.9 Å². The number of hydrogen-bond donors (Lipinski definition) is 0. The fourth-order valence-corrected chi connectivity index (χ4v) is 3.91. The molecule has 0 aliphatic rings. The van der Waals surface area contributed by atoms with E-state index in [2.05, 4.69) is 36.2 Å². The highest BCUT2D eigenvalue weighted by Crippen LogP contribution is 2.27. The Bertz CT molecular complexity index is 890. The Labute approximate surface area is 163 Å². The molecular formula is C20H22ClN3OS.